The van der Waals surface area contributed by atoms with Crippen molar-refractivity contribution in [3.8, 4) is 0 Å². The van der Waals surface area contributed by atoms with Gasteiger partial charge in [-0.2, -0.15) is 0 Å². The fourth-order valence-electron chi connectivity index (χ4n) is 3.62. The number of aryl methyl sites for hydroxylation is 1. The highest BCUT2D eigenvalue weighted by atomic mass is 15.2. The molecule has 0 aromatic carbocycles. The summed E-state index contributed by atoms with van der Waals surface area (Å²) in [6, 6.07) is 3.57. The van der Waals surface area contributed by atoms with Crippen LogP contribution in [0.4, 0.5) is 0 Å². The Morgan fingerprint density at radius 2 is 2.05 bits per heavy atom. The van der Waals surface area contributed by atoms with E-state index in [4.69, 9.17) is 0 Å². The van der Waals surface area contributed by atoms with Gasteiger partial charge in [0, 0.05) is 44.1 Å². The summed E-state index contributed by atoms with van der Waals surface area (Å²) in [5.41, 5.74) is 2.91. The third-order valence-corrected chi connectivity index (χ3v) is 4.95. The number of piperazine rings is 1. The Morgan fingerprint density at radius 3 is 2.67 bits per heavy atom. The average molecular weight is 287 g/mol. The molecule has 21 heavy (non-hydrogen) atoms. The summed E-state index contributed by atoms with van der Waals surface area (Å²) in [6.45, 7) is 12.5. The molecule has 1 saturated heterocycles. The van der Waals surface area contributed by atoms with Crippen molar-refractivity contribution in [2.75, 3.05) is 13.1 Å². The molecule has 1 N–H and O–H groups in total. The Morgan fingerprint density at radius 1 is 1.29 bits per heavy atom. The van der Waals surface area contributed by atoms with E-state index in [1.165, 1.54) is 30.5 Å². The molecule has 2 aliphatic rings. The number of hydrogen-bond donors (Lipinski definition) is 1. The molecule has 2 atom stereocenters. The van der Waals surface area contributed by atoms with Gasteiger partial charge in [0.2, 0.25) is 0 Å². The Labute approximate surface area is 129 Å². The molecular formula is C18H29N3. The highest BCUT2D eigenvalue weighted by molar-refractivity contribution is 5.17. The van der Waals surface area contributed by atoms with Gasteiger partial charge in [-0.05, 0) is 42.2 Å². The average Bonchev–Trinajstić information content (AvgIpc) is 3.21. The maximum absolute atomic E-state index is 4.36. The number of nitrogens with zero attached hydrogens (tertiary/aromatic N) is 2. The predicted molar refractivity (Wildman–Crippen MR) is 87.1 cm³/mol. The van der Waals surface area contributed by atoms with Gasteiger partial charge in [0.15, 0.2) is 0 Å². The molecule has 0 radical (unpaired) electrons. The van der Waals surface area contributed by atoms with Gasteiger partial charge in [-0.25, -0.2) is 0 Å². The van der Waals surface area contributed by atoms with Crippen molar-refractivity contribution in [1.82, 2.24) is 15.2 Å². The molecule has 1 aliphatic carbocycles. The summed E-state index contributed by atoms with van der Waals surface area (Å²) in [5.74, 6) is 0.920. The molecule has 1 aromatic heterocycles. The molecule has 1 aromatic rings. The van der Waals surface area contributed by atoms with Crippen LogP contribution in [0.15, 0.2) is 18.5 Å². The monoisotopic (exact) mass is 287 g/mol. The summed E-state index contributed by atoms with van der Waals surface area (Å²) in [6.07, 6.45) is 6.80. The SMILES string of the molecule is Cc1cncc(CN2CC(C3CC3)NCC2C(C)(C)C)c1. The lowest BCUT2D eigenvalue weighted by Gasteiger charge is -2.46. The van der Waals surface area contributed by atoms with Crippen LogP contribution < -0.4 is 5.32 Å². The number of rotatable bonds is 3. The number of hydrogen-bond acceptors (Lipinski definition) is 3. The smallest absolute Gasteiger partial charge is 0.0313 e. The zero-order valence-corrected chi connectivity index (χ0v) is 13.9. The van der Waals surface area contributed by atoms with Crippen LogP contribution in [-0.4, -0.2) is 35.1 Å². The third kappa shape index (κ3) is 3.64. The maximum atomic E-state index is 4.36. The molecule has 3 rings (SSSR count). The quantitative estimate of drug-likeness (QED) is 0.926. The maximum Gasteiger partial charge on any atom is 0.0313 e. The van der Waals surface area contributed by atoms with Crippen LogP contribution in [0.2, 0.25) is 0 Å². The first-order valence-corrected chi connectivity index (χ1v) is 8.31. The molecule has 1 saturated carbocycles. The summed E-state index contributed by atoms with van der Waals surface area (Å²) in [7, 11) is 0. The minimum atomic E-state index is 0.304. The first-order chi connectivity index (χ1) is 9.93. The largest absolute Gasteiger partial charge is 0.311 e. The van der Waals surface area contributed by atoms with Crippen molar-refractivity contribution in [2.45, 2.75) is 59.2 Å². The molecule has 2 heterocycles. The molecule has 0 spiro atoms. The van der Waals surface area contributed by atoms with E-state index in [0.29, 0.717) is 17.5 Å². The molecular weight excluding hydrogens is 258 g/mol. The first kappa shape index (κ1) is 15.0. The van der Waals surface area contributed by atoms with Gasteiger partial charge in [0.05, 0.1) is 0 Å². The molecule has 2 fully saturated rings. The van der Waals surface area contributed by atoms with Crippen molar-refractivity contribution in [1.29, 1.82) is 0 Å². The fourth-order valence-corrected chi connectivity index (χ4v) is 3.62. The third-order valence-electron chi connectivity index (χ3n) is 4.95. The number of pyridine rings is 1. The predicted octanol–water partition coefficient (Wildman–Crippen LogP) is 2.99. The van der Waals surface area contributed by atoms with Crippen molar-refractivity contribution < 1.29 is 0 Å². The zero-order valence-electron chi connectivity index (χ0n) is 13.9. The Kier molecular flexibility index (Phi) is 4.06. The lowest BCUT2D eigenvalue weighted by Crippen LogP contribution is -2.60. The van der Waals surface area contributed by atoms with Gasteiger partial charge in [0.25, 0.3) is 0 Å². The minimum Gasteiger partial charge on any atom is -0.311 e. The summed E-state index contributed by atoms with van der Waals surface area (Å²) in [4.78, 5) is 7.05. The lowest BCUT2D eigenvalue weighted by molar-refractivity contribution is 0.0448. The van der Waals surface area contributed by atoms with Gasteiger partial charge >= 0.3 is 0 Å². The molecule has 1 aliphatic heterocycles. The normalized spacial score (nSPS) is 27.8. The van der Waals surface area contributed by atoms with E-state index in [-0.39, 0.29) is 0 Å². The highest BCUT2D eigenvalue weighted by Gasteiger charge is 2.40. The van der Waals surface area contributed by atoms with E-state index in [9.17, 15) is 0 Å². The van der Waals surface area contributed by atoms with Crippen molar-refractivity contribution in [2.24, 2.45) is 11.3 Å². The molecule has 0 amide bonds. The first-order valence-electron chi connectivity index (χ1n) is 8.31. The van der Waals surface area contributed by atoms with E-state index >= 15 is 0 Å². The van der Waals surface area contributed by atoms with Crippen LogP contribution in [0.1, 0.15) is 44.7 Å². The van der Waals surface area contributed by atoms with Crippen LogP contribution >= 0.6 is 0 Å². The number of aromatic nitrogens is 1. The van der Waals surface area contributed by atoms with Crippen molar-refractivity contribution in [3.05, 3.63) is 29.6 Å². The molecule has 116 valence electrons. The van der Waals surface area contributed by atoms with Gasteiger partial charge in [0.1, 0.15) is 0 Å². The second kappa shape index (κ2) is 5.69. The van der Waals surface area contributed by atoms with E-state index < -0.39 is 0 Å². The van der Waals surface area contributed by atoms with E-state index in [1.807, 2.05) is 12.4 Å². The van der Waals surface area contributed by atoms with Crippen LogP contribution in [0.25, 0.3) is 0 Å². The lowest BCUT2D eigenvalue weighted by atomic mass is 9.83. The van der Waals surface area contributed by atoms with Crippen molar-refractivity contribution >= 4 is 0 Å². The molecule has 3 nitrogen and oxygen atoms in total. The molecule has 3 heteroatoms. The van der Waals surface area contributed by atoms with Gasteiger partial charge < -0.3 is 5.32 Å². The number of nitrogens with one attached hydrogen (secondary N) is 1. The van der Waals surface area contributed by atoms with E-state index in [1.54, 1.807) is 0 Å². The van der Waals surface area contributed by atoms with Crippen LogP contribution in [0.5, 0.6) is 0 Å². The van der Waals surface area contributed by atoms with Gasteiger partial charge in [-0.15, -0.1) is 0 Å². The Balaban J connectivity index is 1.75. The topological polar surface area (TPSA) is 28.2 Å². The van der Waals surface area contributed by atoms with Crippen molar-refractivity contribution in [3.63, 3.8) is 0 Å². The summed E-state index contributed by atoms with van der Waals surface area (Å²) in [5, 5.41) is 3.81. The minimum absolute atomic E-state index is 0.304. The van der Waals surface area contributed by atoms with Crippen LogP contribution in [0.3, 0.4) is 0 Å². The zero-order chi connectivity index (χ0) is 15.0. The Bertz CT molecular complexity index is 487. The standard InChI is InChI=1S/C18H29N3/c1-13-7-14(9-19-8-13)11-21-12-16(15-5-6-15)20-10-17(21)18(2,3)4/h7-9,15-17,20H,5-6,10-12H2,1-4H3. The second-order valence-corrected chi connectivity index (χ2v) is 8.03. The van der Waals surface area contributed by atoms with Gasteiger partial charge in [-0.3, -0.25) is 9.88 Å². The van der Waals surface area contributed by atoms with E-state index in [0.717, 1.165) is 19.0 Å². The van der Waals surface area contributed by atoms with Crippen LogP contribution in [-0.2, 0) is 6.54 Å². The molecule has 0 bridgehead atoms. The molecule has 2 unspecified atom stereocenters. The summed E-state index contributed by atoms with van der Waals surface area (Å²) >= 11 is 0. The highest BCUT2D eigenvalue weighted by Crippen LogP contribution is 2.36. The summed E-state index contributed by atoms with van der Waals surface area (Å²) < 4.78 is 0. The van der Waals surface area contributed by atoms with E-state index in [2.05, 4.69) is 49.0 Å². The fraction of sp³-hybridized carbons (Fsp3) is 0.722. The Hall–Kier alpha value is -0.930. The second-order valence-electron chi connectivity index (χ2n) is 8.03. The van der Waals surface area contributed by atoms with Crippen LogP contribution in [0, 0.1) is 18.3 Å². The van der Waals surface area contributed by atoms with Gasteiger partial charge in [-0.1, -0.05) is 26.8 Å².